The molecule has 0 bridgehead atoms. The topological polar surface area (TPSA) is 66.4 Å². The van der Waals surface area contributed by atoms with E-state index < -0.39 is 9.33 Å². The molecule has 0 unspecified atom stereocenters. The average molecular weight is 236 g/mol. The fourth-order valence-electron chi connectivity index (χ4n) is 1.24. The summed E-state index contributed by atoms with van der Waals surface area (Å²) in [4.78, 5) is 0. The van der Waals surface area contributed by atoms with Crippen molar-refractivity contribution in [1.29, 1.82) is 0 Å². The predicted octanol–water partition coefficient (Wildman–Crippen LogP) is 1.68. The maximum atomic E-state index is 8.95. The molecule has 2 N–H and O–H groups in total. The second-order valence-corrected chi connectivity index (χ2v) is 4.74. The molecule has 4 nitrogen and oxygen atoms in total. The van der Waals surface area contributed by atoms with Crippen LogP contribution in [0.25, 0.3) is 0 Å². The molecule has 0 atom stereocenters. The summed E-state index contributed by atoms with van der Waals surface area (Å²) in [7, 11) is -0.137. The lowest BCUT2D eigenvalue weighted by Gasteiger charge is -1.94. The first kappa shape index (κ1) is 11.3. The Hall–Kier alpha value is -0.780. The van der Waals surface area contributed by atoms with E-state index in [4.69, 9.17) is 13.0 Å². The lowest BCUT2D eigenvalue weighted by molar-refractivity contribution is 0.501. The van der Waals surface area contributed by atoms with Crippen LogP contribution in [0.1, 0.15) is 5.56 Å². The first-order valence-electron chi connectivity index (χ1n) is 3.95. The third-order valence-electron chi connectivity index (χ3n) is 1.73. The van der Waals surface area contributed by atoms with E-state index in [0.717, 1.165) is 6.54 Å². The first-order chi connectivity index (χ1) is 6.47. The number of para-hydroxylation sites is 1. The second kappa shape index (κ2) is 4.63. The monoisotopic (exact) mass is 235 g/mol. The van der Waals surface area contributed by atoms with Gasteiger partial charge in [-0.15, -0.1) is 0 Å². The molecule has 2 rings (SSSR count). The van der Waals surface area contributed by atoms with E-state index in [9.17, 15) is 0 Å². The molecule has 1 aromatic rings. The summed E-state index contributed by atoms with van der Waals surface area (Å²) in [6, 6.07) is 8.46. The van der Waals surface area contributed by atoms with Gasteiger partial charge in [0.1, 0.15) is 0 Å². The molecule has 0 fully saturated rings. The largest absolute Gasteiger partial charge is 0.384 e. The maximum Gasteiger partial charge on any atom is 0.353 e. The third kappa shape index (κ3) is 4.45. The standard InChI is InChI=1S/C8H9N.ClHO3S/c1-2-4-8-7(3-1)5-6-9-8;1-5(2,3)4/h1-4,9H,5-6H2;(H,2,3,4). The summed E-state index contributed by atoms with van der Waals surface area (Å²) in [5, 5.41) is 3.30. The minimum atomic E-state index is -4.19. The van der Waals surface area contributed by atoms with Gasteiger partial charge in [0.2, 0.25) is 0 Å². The summed E-state index contributed by atoms with van der Waals surface area (Å²) in [5.41, 5.74) is 2.77. The summed E-state index contributed by atoms with van der Waals surface area (Å²) < 4.78 is 25.2. The van der Waals surface area contributed by atoms with Gasteiger partial charge in [-0.05, 0) is 18.1 Å². The number of halogens is 1. The van der Waals surface area contributed by atoms with E-state index in [1.165, 1.54) is 17.7 Å². The number of rotatable bonds is 0. The Morgan fingerprint density at radius 3 is 2.50 bits per heavy atom. The number of benzene rings is 1. The normalized spacial score (nSPS) is 13.6. The fraction of sp³-hybridized carbons (Fsp3) is 0.250. The molecule has 78 valence electrons. The summed E-state index contributed by atoms with van der Waals surface area (Å²) >= 11 is 0. The van der Waals surface area contributed by atoms with Crippen LogP contribution in [0.2, 0.25) is 0 Å². The van der Waals surface area contributed by atoms with Crippen molar-refractivity contribution in [2.45, 2.75) is 6.42 Å². The van der Waals surface area contributed by atoms with Gasteiger partial charge in [-0.3, -0.25) is 4.55 Å². The smallest absolute Gasteiger partial charge is 0.353 e. The quantitative estimate of drug-likeness (QED) is 0.531. The van der Waals surface area contributed by atoms with Gasteiger partial charge < -0.3 is 5.32 Å². The average Bonchev–Trinajstić information content (AvgIpc) is 2.47. The van der Waals surface area contributed by atoms with Gasteiger partial charge in [-0.25, -0.2) is 0 Å². The highest BCUT2D eigenvalue weighted by Crippen LogP contribution is 2.19. The molecule has 0 spiro atoms. The van der Waals surface area contributed by atoms with Gasteiger partial charge in [-0.1, -0.05) is 18.2 Å². The summed E-state index contributed by atoms with van der Waals surface area (Å²) in [5.74, 6) is 0. The number of nitrogens with one attached hydrogen (secondary N) is 1. The van der Waals surface area contributed by atoms with Gasteiger partial charge in [0.25, 0.3) is 0 Å². The van der Waals surface area contributed by atoms with E-state index in [1.54, 1.807) is 0 Å². The van der Waals surface area contributed by atoms with Crippen molar-refractivity contribution in [1.82, 2.24) is 0 Å². The molecule has 6 heteroatoms. The Labute approximate surface area is 87.1 Å². The van der Waals surface area contributed by atoms with Gasteiger partial charge in [0.15, 0.2) is 0 Å². The lowest BCUT2D eigenvalue weighted by atomic mass is 10.2. The maximum absolute atomic E-state index is 8.95. The highest BCUT2D eigenvalue weighted by Gasteiger charge is 2.05. The molecule has 0 aromatic heterocycles. The Kier molecular flexibility index (Phi) is 3.74. The Morgan fingerprint density at radius 1 is 1.36 bits per heavy atom. The number of hydrogen-bond acceptors (Lipinski definition) is 3. The molecule has 1 aliphatic heterocycles. The van der Waals surface area contributed by atoms with Gasteiger partial charge in [-0.2, -0.15) is 8.42 Å². The van der Waals surface area contributed by atoms with Crippen LogP contribution in [-0.4, -0.2) is 19.5 Å². The van der Waals surface area contributed by atoms with Crippen LogP contribution < -0.4 is 5.32 Å². The zero-order valence-corrected chi connectivity index (χ0v) is 8.85. The molecule has 0 amide bonds. The van der Waals surface area contributed by atoms with Crippen LogP contribution >= 0.6 is 10.7 Å². The van der Waals surface area contributed by atoms with Gasteiger partial charge in [0, 0.05) is 22.9 Å². The van der Waals surface area contributed by atoms with Crippen LogP contribution in [0.5, 0.6) is 0 Å². The summed E-state index contributed by atoms with van der Waals surface area (Å²) in [6.45, 7) is 1.11. The van der Waals surface area contributed by atoms with Crippen LogP contribution in [0, 0.1) is 0 Å². The minimum absolute atomic E-state index is 1.11. The Morgan fingerprint density at radius 2 is 1.93 bits per heavy atom. The Bertz CT molecular complexity index is 374. The third-order valence-corrected chi connectivity index (χ3v) is 1.73. The zero-order chi connectivity index (χ0) is 10.6. The van der Waals surface area contributed by atoms with Crippen molar-refractivity contribution < 1.29 is 13.0 Å². The number of fused-ring (bicyclic) bond motifs is 1. The summed E-state index contributed by atoms with van der Waals surface area (Å²) in [6.07, 6.45) is 1.19. The second-order valence-electron chi connectivity index (χ2n) is 2.75. The number of hydrogen-bond donors (Lipinski definition) is 2. The van der Waals surface area contributed by atoms with E-state index in [2.05, 4.69) is 40.3 Å². The van der Waals surface area contributed by atoms with Gasteiger partial charge in [0.05, 0.1) is 0 Å². The number of anilines is 1. The molecular weight excluding hydrogens is 226 g/mol. The van der Waals surface area contributed by atoms with Crippen LogP contribution in [0.15, 0.2) is 24.3 Å². The molecule has 0 saturated carbocycles. The Balaban J connectivity index is 0.000000171. The molecule has 0 aliphatic carbocycles. The van der Waals surface area contributed by atoms with Crippen LogP contribution in [0.4, 0.5) is 5.69 Å². The van der Waals surface area contributed by atoms with Crippen LogP contribution in [0.3, 0.4) is 0 Å². The molecule has 0 saturated heterocycles. The van der Waals surface area contributed by atoms with Crippen molar-refractivity contribution in [3.8, 4) is 0 Å². The fourth-order valence-corrected chi connectivity index (χ4v) is 1.24. The molecular formula is C8H10ClNO3S. The molecule has 1 aromatic carbocycles. The predicted molar refractivity (Wildman–Crippen MR) is 56.0 cm³/mol. The molecule has 0 radical (unpaired) electrons. The lowest BCUT2D eigenvalue weighted by Crippen LogP contribution is -1.90. The van der Waals surface area contributed by atoms with E-state index in [1.807, 2.05) is 0 Å². The van der Waals surface area contributed by atoms with Crippen molar-refractivity contribution in [3.63, 3.8) is 0 Å². The van der Waals surface area contributed by atoms with E-state index in [-0.39, 0.29) is 0 Å². The molecule has 1 heterocycles. The highest BCUT2D eigenvalue weighted by atomic mass is 35.7. The highest BCUT2D eigenvalue weighted by molar-refractivity contribution is 8.09. The molecule has 14 heavy (non-hydrogen) atoms. The SMILES string of the molecule is O=S(=O)(O)Cl.c1ccc2c(c1)CCN2. The van der Waals surface area contributed by atoms with Gasteiger partial charge >= 0.3 is 9.33 Å². The molecule has 1 aliphatic rings. The van der Waals surface area contributed by atoms with E-state index >= 15 is 0 Å². The minimum Gasteiger partial charge on any atom is -0.384 e. The van der Waals surface area contributed by atoms with Crippen molar-refractivity contribution in [2.75, 3.05) is 11.9 Å². The van der Waals surface area contributed by atoms with Crippen molar-refractivity contribution in [3.05, 3.63) is 29.8 Å². The van der Waals surface area contributed by atoms with Crippen LogP contribution in [-0.2, 0) is 15.8 Å². The first-order valence-corrected chi connectivity index (χ1v) is 6.22. The zero-order valence-electron chi connectivity index (χ0n) is 7.27. The van der Waals surface area contributed by atoms with Crippen molar-refractivity contribution in [2.24, 2.45) is 0 Å². The van der Waals surface area contributed by atoms with E-state index in [0.29, 0.717) is 0 Å². The van der Waals surface area contributed by atoms with Crippen molar-refractivity contribution >= 4 is 25.7 Å².